The Balaban J connectivity index is 1.55. The Kier molecular flexibility index (Phi) is 5.19. The Morgan fingerprint density at radius 1 is 1.04 bits per heavy atom. The third kappa shape index (κ3) is 3.81. The van der Waals surface area contributed by atoms with Crippen LogP contribution in [-0.4, -0.2) is 12.2 Å². The number of fused-ring (bicyclic) bond motifs is 1. The lowest BCUT2D eigenvalue weighted by atomic mass is 10.2. The quantitative estimate of drug-likeness (QED) is 0.214. The van der Waals surface area contributed by atoms with Crippen molar-refractivity contribution in [1.82, 2.24) is 0 Å². The van der Waals surface area contributed by atoms with Crippen LogP contribution in [0.4, 0.5) is 10.1 Å². The van der Waals surface area contributed by atoms with E-state index in [1.807, 2.05) is 24.3 Å². The molecule has 0 atom stereocenters. The van der Waals surface area contributed by atoms with Crippen molar-refractivity contribution in [3.8, 4) is 5.75 Å². The van der Waals surface area contributed by atoms with Crippen molar-refractivity contribution in [2.75, 3.05) is 0 Å². The lowest BCUT2D eigenvalue weighted by Crippen LogP contribution is -2.07. The van der Waals surface area contributed by atoms with Gasteiger partial charge in [-0.15, -0.1) is 11.3 Å². The van der Waals surface area contributed by atoms with Gasteiger partial charge in [-0.3, -0.25) is 4.99 Å². The number of hydrogen-bond acceptors (Lipinski definition) is 4. The highest BCUT2D eigenvalue weighted by Gasteiger charge is 2.19. The molecule has 0 amide bonds. The summed E-state index contributed by atoms with van der Waals surface area (Å²) in [6.07, 6.45) is 1.52. The number of hydrogen-bond donors (Lipinski definition) is 0. The molecule has 1 aromatic heterocycles. The zero-order chi connectivity index (χ0) is 19.5. The van der Waals surface area contributed by atoms with E-state index < -0.39 is 11.8 Å². The molecule has 0 bridgehead atoms. The zero-order valence-electron chi connectivity index (χ0n) is 14.4. The summed E-state index contributed by atoms with van der Waals surface area (Å²) >= 11 is 7.62. The highest BCUT2D eigenvalue weighted by atomic mass is 35.5. The number of carbonyl (C=O) groups is 1. The number of thiophene rings is 1. The average Bonchev–Trinajstić information content (AvgIpc) is 3.05. The summed E-state index contributed by atoms with van der Waals surface area (Å²) in [5.41, 5.74) is 0.915. The third-order valence-corrected chi connectivity index (χ3v) is 5.65. The minimum Gasteiger partial charge on any atom is -0.422 e. The van der Waals surface area contributed by atoms with Crippen molar-refractivity contribution >= 4 is 50.9 Å². The van der Waals surface area contributed by atoms with Crippen LogP contribution in [0.25, 0.3) is 10.1 Å². The average molecular weight is 410 g/mol. The number of carbonyl (C=O) groups excluding carboxylic acids is 1. The Morgan fingerprint density at radius 2 is 1.82 bits per heavy atom. The standard InChI is InChI=1S/C22H13ClFNO2S/c23-20-16-8-1-4-11-19(16)28-21(20)22(26)27-15-7-5-6-14(12-15)13-25-18-10-3-2-9-17(18)24/h1-13H. The van der Waals surface area contributed by atoms with Gasteiger partial charge in [0.25, 0.3) is 0 Å². The molecular weight excluding hydrogens is 397 g/mol. The highest BCUT2D eigenvalue weighted by molar-refractivity contribution is 7.21. The molecule has 1 heterocycles. The van der Waals surface area contributed by atoms with Crippen LogP contribution in [-0.2, 0) is 0 Å². The van der Waals surface area contributed by atoms with E-state index >= 15 is 0 Å². The smallest absolute Gasteiger partial charge is 0.355 e. The summed E-state index contributed by atoms with van der Waals surface area (Å²) in [4.78, 5) is 17.1. The molecule has 3 aromatic carbocycles. The maximum atomic E-state index is 13.7. The minimum atomic E-state index is -0.519. The molecule has 0 saturated carbocycles. The van der Waals surface area contributed by atoms with Gasteiger partial charge in [0.1, 0.15) is 16.4 Å². The van der Waals surface area contributed by atoms with Crippen LogP contribution in [0.3, 0.4) is 0 Å². The van der Waals surface area contributed by atoms with Crippen molar-refractivity contribution in [3.05, 3.63) is 94.1 Å². The van der Waals surface area contributed by atoms with Gasteiger partial charge in [0, 0.05) is 16.3 Å². The van der Waals surface area contributed by atoms with Crippen molar-refractivity contribution < 1.29 is 13.9 Å². The van der Waals surface area contributed by atoms with Crippen molar-refractivity contribution in [2.45, 2.75) is 0 Å². The fraction of sp³-hybridized carbons (Fsp3) is 0. The number of para-hydroxylation sites is 1. The van der Waals surface area contributed by atoms with Gasteiger partial charge in [-0.2, -0.15) is 0 Å². The van der Waals surface area contributed by atoms with Gasteiger partial charge in [0.15, 0.2) is 0 Å². The first-order valence-electron chi connectivity index (χ1n) is 8.40. The fourth-order valence-corrected chi connectivity index (χ4v) is 4.04. The molecule has 4 aromatic rings. The largest absolute Gasteiger partial charge is 0.422 e. The molecule has 0 fully saturated rings. The van der Waals surface area contributed by atoms with Gasteiger partial charge in [0.05, 0.1) is 10.7 Å². The molecule has 0 N–H and O–H groups in total. The second-order valence-electron chi connectivity index (χ2n) is 5.91. The zero-order valence-corrected chi connectivity index (χ0v) is 16.0. The van der Waals surface area contributed by atoms with E-state index in [0.717, 1.165) is 10.1 Å². The van der Waals surface area contributed by atoms with Crippen LogP contribution in [0.5, 0.6) is 5.75 Å². The summed E-state index contributed by atoms with van der Waals surface area (Å²) < 4.78 is 20.1. The lowest BCUT2D eigenvalue weighted by molar-refractivity contribution is 0.0740. The maximum Gasteiger partial charge on any atom is 0.355 e. The number of benzene rings is 3. The number of esters is 1. The predicted molar refractivity (Wildman–Crippen MR) is 112 cm³/mol. The number of ether oxygens (including phenoxy) is 1. The van der Waals surface area contributed by atoms with Crippen molar-refractivity contribution in [1.29, 1.82) is 0 Å². The van der Waals surface area contributed by atoms with Gasteiger partial charge >= 0.3 is 5.97 Å². The molecule has 0 saturated heterocycles. The monoisotopic (exact) mass is 409 g/mol. The van der Waals surface area contributed by atoms with E-state index in [2.05, 4.69) is 4.99 Å². The van der Waals surface area contributed by atoms with E-state index in [1.54, 1.807) is 42.5 Å². The number of aliphatic imine (C=N–C) groups is 1. The molecule has 4 rings (SSSR count). The van der Waals surface area contributed by atoms with Crippen LogP contribution >= 0.6 is 22.9 Å². The minimum absolute atomic E-state index is 0.238. The van der Waals surface area contributed by atoms with Gasteiger partial charge in [-0.05, 0) is 35.9 Å². The number of rotatable bonds is 4. The maximum absolute atomic E-state index is 13.7. The molecule has 138 valence electrons. The van der Waals surface area contributed by atoms with Crippen LogP contribution < -0.4 is 4.74 Å². The predicted octanol–water partition coefficient (Wildman–Crippen LogP) is 6.66. The van der Waals surface area contributed by atoms with Crippen LogP contribution in [0, 0.1) is 5.82 Å². The molecule has 6 heteroatoms. The van der Waals surface area contributed by atoms with Crippen molar-refractivity contribution in [2.24, 2.45) is 4.99 Å². The second-order valence-corrected chi connectivity index (χ2v) is 7.34. The summed E-state index contributed by atoms with van der Waals surface area (Å²) in [6.45, 7) is 0. The van der Waals surface area contributed by atoms with Crippen molar-refractivity contribution in [3.63, 3.8) is 0 Å². The molecule has 0 unspecified atom stereocenters. The van der Waals surface area contributed by atoms with E-state index in [-0.39, 0.29) is 5.69 Å². The topological polar surface area (TPSA) is 38.7 Å². The van der Waals surface area contributed by atoms with E-state index in [0.29, 0.717) is 21.2 Å². The van der Waals surface area contributed by atoms with E-state index in [4.69, 9.17) is 16.3 Å². The van der Waals surface area contributed by atoms with Gasteiger partial charge < -0.3 is 4.74 Å². The van der Waals surface area contributed by atoms with Crippen LogP contribution in [0.15, 0.2) is 77.8 Å². The van der Waals surface area contributed by atoms with E-state index in [9.17, 15) is 9.18 Å². The molecule has 0 radical (unpaired) electrons. The fourth-order valence-electron chi connectivity index (χ4n) is 2.66. The first kappa shape index (κ1) is 18.3. The number of halogens is 2. The molecule has 0 aliphatic rings. The molecule has 0 aliphatic carbocycles. The van der Waals surface area contributed by atoms with Crippen LogP contribution in [0.2, 0.25) is 5.02 Å². The molecule has 0 aliphatic heterocycles. The van der Waals surface area contributed by atoms with Gasteiger partial charge in [-0.1, -0.05) is 54.1 Å². The normalized spacial score (nSPS) is 11.2. The summed E-state index contributed by atoms with van der Waals surface area (Å²) in [5.74, 6) is -0.564. The summed E-state index contributed by atoms with van der Waals surface area (Å²) in [5, 5.41) is 1.22. The van der Waals surface area contributed by atoms with Gasteiger partial charge in [-0.25, -0.2) is 9.18 Å². The second kappa shape index (κ2) is 7.92. The summed E-state index contributed by atoms with van der Waals surface area (Å²) in [6, 6.07) is 20.6. The summed E-state index contributed by atoms with van der Waals surface area (Å²) in [7, 11) is 0. The SMILES string of the molecule is O=C(Oc1cccc(C=Nc2ccccc2F)c1)c1sc2ccccc2c1Cl. The third-order valence-electron chi connectivity index (χ3n) is 3.99. The van der Waals surface area contributed by atoms with Crippen LogP contribution in [0.1, 0.15) is 15.2 Å². The first-order chi connectivity index (χ1) is 13.6. The number of nitrogens with zero attached hydrogens (tertiary/aromatic N) is 1. The first-order valence-corrected chi connectivity index (χ1v) is 9.59. The molecule has 28 heavy (non-hydrogen) atoms. The Labute approximate surface area is 169 Å². The Morgan fingerprint density at radius 3 is 2.64 bits per heavy atom. The molecule has 0 spiro atoms. The van der Waals surface area contributed by atoms with E-state index in [1.165, 1.54) is 23.6 Å². The molecule has 3 nitrogen and oxygen atoms in total. The highest BCUT2D eigenvalue weighted by Crippen LogP contribution is 2.35. The Bertz CT molecular complexity index is 1200. The Hall–Kier alpha value is -3.02. The van der Waals surface area contributed by atoms with Gasteiger partial charge in [0.2, 0.25) is 0 Å². The lowest BCUT2D eigenvalue weighted by Gasteiger charge is -2.04. The molecular formula is C22H13ClFNO2S.